The van der Waals surface area contributed by atoms with E-state index >= 15 is 0 Å². The topological polar surface area (TPSA) is 18.5 Å². The van der Waals surface area contributed by atoms with Crippen molar-refractivity contribution in [1.82, 2.24) is 0 Å². The molecule has 21 heavy (non-hydrogen) atoms. The van der Waals surface area contributed by atoms with Crippen LogP contribution in [0.15, 0.2) is 42.5 Å². The Morgan fingerprint density at radius 2 is 1.81 bits per heavy atom. The third-order valence-corrected chi connectivity index (χ3v) is 3.49. The Labute approximate surface area is 129 Å². The van der Waals surface area contributed by atoms with Crippen molar-refractivity contribution in [2.75, 3.05) is 7.11 Å². The van der Waals surface area contributed by atoms with Crippen LogP contribution in [0.1, 0.15) is 30.4 Å². The summed E-state index contributed by atoms with van der Waals surface area (Å²) in [4.78, 5) is 0. The van der Waals surface area contributed by atoms with Crippen LogP contribution in [-0.4, -0.2) is 13.2 Å². The monoisotopic (exact) mass is 308 g/mol. The first-order chi connectivity index (χ1) is 10.0. The fourth-order valence-corrected chi connectivity index (χ4v) is 2.35. The quantitative estimate of drug-likeness (QED) is 0.728. The highest BCUT2D eigenvalue weighted by Gasteiger charge is 2.16. The summed E-state index contributed by atoms with van der Waals surface area (Å²) in [7, 11) is 1.50. The van der Waals surface area contributed by atoms with Crippen molar-refractivity contribution < 1.29 is 13.9 Å². The molecule has 0 spiro atoms. The van der Waals surface area contributed by atoms with Crippen LogP contribution < -0.4 is 9.47 Å². The maximum Gasteiger partial charge on any atom is 0.131 e. The van der Waals surface area contributed by atoms with Crippen molar-refractivity contribution >= 4 is 11.6 Å². The second-order valence-electron chi connectivity index (χ2n) is 4.99. The Morgan fingerprint density at radius 1 is 1.05 bits per heavy atom. The highest BCUT2D eigenvalue weighted by atomic mass is 35.5. The molecule has 0 aliphatic rings. The summed E-state index contributed by atoms with van der Waals surface area (Å²) in [6, 6.07) is 12.1. The van der Waals surface area contributed by atoms with Gasteiger partial charge in [-0.2, -0.15) is 0 Å². The lowest BCUT2D eigenvalue weighted by Crippen LogP contribution is -2.06. The predicted molar refractivity (Wildman–Crippen MR) is 82.9 cm³/mol. The van der Waals surface area contributed by atoms with Gasteiger partial charge in [0.05, 0.1) is 18.6 Å². The number of hydrogen-bond acceptors (Lipinski definition) is 2. The molecule has 2 aromatic carbocycles. The van der Waals surface area contributed by atoms with E-state index in [1.54, 1.807) is 12.1 Å². The first-order valence-electron chi connectivity index (χ1n) is 6.75. The fourth-order valence-electron chi connectivity index (χ4n) is 2.04. The summed E-state index contributed by atoms with van der Waals surface area (Å²) in [6.45, 7) is 3.90. The van der Waals surface area contributed by atoms with Crippen LogP contribution in [0.5, 0.6) is 11.5 Å². The molecule has 112 valence electrons. The molecule has 0 bridgehead atoms. The average Bonchev–Trinajstić information content (AvgIpc) is 2.46. The van der Waals surface area contributed by atoms with Crippen LogP contribution in [0.3, 0.4) is 0 Å². The van der Waals surface area contributed by atoms with Crippen molar-refractivity contribution in [1.29, 1.82) is 0 Å². The van der Waals surface area contributed by atoms with E-state index in [1.807, 2.05) is 38.1 Å². The van der Waals surface area contributed by atoms with E-state index in [2.05, 4.69) is 0 Å². The third-order valence-electron chi connectivity index (χ3n) is 3.00. The number of hydrogen-bond donors (Lipinski definition) is 0. The minimum Gasteiger partial charge on any atom is -0.497 e. The number of halogens is 2. The zero-order valence-corrected chi connectivity index (χ0v) is 13.0. The van der Waals surface area contributed by atoms with E-state index in [0.717, 1.165) is 11.3 Å². The summed E-state index contributed by atoms with van der Waals surface area (Å²) in [5, 5.41) is -0.577. The molecule has 2 aromatic rings. The lowest BCUT2D eigenvalue weighted by molar-refractivity contribution is 0.242. The van der Waals surface area contributed by atoms with Crippen molar-refractivity contribution in [3.63, 3.8) is 0 Å². The van der Waals surface area contributed by atoms with E-state index in [4.69, 9.17) is 21.1 Å². The summed E-state index contributed by atoms with van der Waals surface area (Å²) in [5.74, 6) is 0.809. The number of methoxy groups -OCH3 is 1. The number of alkyl halides is 1. The molecule has 0 saturated carbocycles. The summed E-state index contributed by atoms with van der Waals surface area (Å²) in [6.07, 6.45) is 0.0757. The molecular weight excluding hydrogens is 291 g/mol. The Balaban J connectivity index is 2.29. The maximum atomic E-state index is 14.1. The first kappa shape index (κ1) is 15.6. The van der Waals surface area contributed by atoms with Gasteiger partial charge in [-0.05, 0) is 37.6 Å². The molecule has 0 radical (unpaired) electrons. The van der Waals surface area contributed by atoms with Gasteiger partial charge in [0.1, 0.15) is 17.3 Å². The number of benzene rings is 2. The highest BCUT2D eigenvalue weighted by molar-refractivity contribution is 6.22. The minimum absolute atomic E-state index is 0.0757. The fraction of sp³-hybridized carbons (Fsp3) is 0.294. The molecule has 1 unspecified atom stereocenters. The maximum absolute atomic E-state index is 14.1. The smallest absolute Gasteiger partial charge is 0.131 e. The van der Waals surface area contributed by atoms with Crippen molar-refractivity contribution in [2.24, 2.45) is 0 Å². The average molecular weight is 309 g/mol. The number of rotatable bonds is 5. The second-order valence-corrected chi connectivity index (χ2v) is 5.43. The van der Waals surface area contributed by atoms with Gasteiger partial charge in [-0.25, -0.2) is 4.39 Å². The zero-order valence-electron chi connectivity index (χ0n) is 12.3. The van der Waals surface area contributed by atoms with E-state index in [0.29, 0.717) is 11.3 Å². The van der Waals surface area contributed by atoms with Crippen LogP contribution in [0, 0.1) is 5.82 Å². The van der Waals surface area contributed by atoms with Gasteiger partial charge in [0, 0.05) is 11.6 Å². The summed E-state index contributed by atoms with van der Waals surface area (Å²) >= 11 is 6.40. The molecule has 0 fully saturated rings. The SMILES string of the molecule is COc1ccc(C(Cl)c2cccc(OC(C)C)c2)c(F)c1. The van der Waals surface area contributed by atoms with Gasteiger partial charge in [-0.3, -0.25) is 0 Å². The molecule has 0 amide bonds. The molecule has 0 N–H and O–H groups in total. The first-order valence-corrected chi connectivity index (χ1v) is 7.19. The Hall–Kier alpha value is -1.74. The largest absolute Gasteiger partial charge is 0.497 e. The number of ether oxygens (including phenoxy) is 2. The molecule has 0 aliphatic carbocycles. The van der Waals surface area contributed by atoms with Crippen molar-refractivity contribution in [3.8, 4) is 11.5 Å². The molecule has 2 rings (SSSR count). The van der Waals surface area contributed by atoms with E-state index < -0.39 is 5.38 Å². The van der Waals surface area contributed by atoms with Gasteiger partial charge >= 0.3 is 0 Å². The van der Waals surface area contributed by atoms with Gasteiger partial charge in [-0.1, -0.05) is 18.2 Å². The third kappa shape index (κ3) is 3.88. The Kier molecular flexibility index (Phi) is 5.07. The van der Waals surface area contributed by atoms with Gasteiger partial charge in [-0.15, -0.1) is 11.6 Å². The lowest BCUT2D eigenvalue weighted by atomic mass is 10.0. The van der Waals surface area contributed by atoms with Gasteiger partial charge in [0.2, 0.25) is 0 Å². The van der Waals surface area contributed by atoms with Gasteiger partial charge < -0.3 is 9.47 Å². The van der Waals surface area contributed by atoms with Crippen LogP contribution in [-0.2, 0) is 0 Å². The molecule has 0 saturated heterocycles. The Morgan fingerprint density at radius 3 is 2.43 bits per heavy atom. The normalized spacial score (nSPS) is 12.3. The summed E-state index contributed by atoms with van der Waals surface area (Å²) in [5.41, 5.74) is 1.21. The molecule has 1 atom stereocenters. The molecule has 2 nitrogen and oxygen atoms in total. The molecule has 0 aromatic heterocycles. The zero-order chi connectivity index (χ0) is 15.4. The van der Waals surface area contributed by atoms with Crippen molar-refractivity contribution in [2.45, 2.75) is 25.3 Å². The predicted octanol–water partition coefficient (Wildman–Crippen LogP) is 4.95. The van der Waals surface area contributed by atoms with Gasteiger partial charge in [0.25, 0.3) is 0 Å². The van der Waals surface area contributed by atoms with Gasteiger partial charge in [0.15, 0.2) is 0 Å². The van der Waals surface area contributed by atoms with E-state index in [1.165, 1.54) is 13.2 Å². The second kappa shape index (κ2) is 6.81. The van der Waals surface area contributed by atoms with Crippen LogP contribution in [0.25, 0.3) is 0 Å². The van der Waals surface area contributed by atoms with E-state index in [9.17, 15) is 4.39 Å². The standard InChI is InChI=1S/C17H18ClFO2/c1-11(2)21-14-6-4-5-12(9-14)17(18)15-8-7-13(20-3)10-16(15)19/h4-11,17H,1-3H3. The van der Waals surface area contributed by atoms with Crippen molar-refractivity contribution in [3.05, 3.63) is 59.4 Å². The van der Waals surface area contributed by atoms with Crippen LogP contribution in [0.2, 0.25) is 0 Å². The highest BCUT2D eigenvalue weighted by Crippen LogP contribution is 2.33. The molecule has 0 aliphatic heterocycles. The molecule has 0 heterocycles. The van der Waals surface area contributed by atoms with Crippen LogP contribution >= 0.6 is 11.6 Å². The van der Waals surface area contributed by atoms with E-state index in [-0.39, 0.29) is 11.9 Å². The molecular formula is C17H18ClFO2. The Bertz CT molecular complexity index is 613. The lowest BCUT2D eigenvalue weighted by Gasteiger charge is -2.15. The summed E-state index contributed by atoms with van der Waals surface area (Å²) < 4.78 is 24.7. The van der Waals surface area contributed by atoms with Crippen LogP contribution in [0.4, 0.5) is 4.39 Å². The molecule has 4 heteroatoms. The minimum atomic E-state index is -0.577.